The molecule has 0 radical (unpaired) electrons. The first-order valence-electron chi connectivity index (χ1n) is 5.41. The zero-order valence-corrected chi connectivity index (χ0v) is 9.73. The highest BCUT2D eigenvalue weighted by Gasteiger charge is 2.02. The minimum absolute atomic E-state index is 0.306. The van der Waals surface area contributed by atoms with E-state index in [2.05, 4.69) is 16.6 Å². The van der Waals surface area contributed by atoms with Crippen molar-refractivity contribution < 1.29 is 9.90 Å². The number of anilines is 1. The zero-order valence-electron chi connectivity index (χ0n) is 9.73. The molecular formula is C13H16N2O2. The van der Waals surface area contributed by atoms with Crippen molar-refractivity contribution in [2.45, 2.75) is 19.4 Å². The molecule has 0 aliphatic carbocycles. The summed E-state index contributed by atoms with van der Waals surface area (Å²) in [7, 11) is 0. The predicted octanol–water partition coefficient (Wildman–Crippen LogP) is 1.56. The lowest BCUT2D eigenvalue weighted by molar-refractivity contribution is 0.184. The molecule has 0 bridgehead atoms. The Morgan fingerprint density at radius 1 is 1.59 bits per heavy atom. The van der Waals surface area contributed by atoms with Crippen LogP contribution >= 0.6 is 0 Å². The normalized spacial score (nSPS) is 11.4. The first-order valence-corrected chi connectivity index (χ1v) is 5.41. The SMILES string of the molecule is C#Cc1cccc(NC(=O)NCCC(C)O)c1. The highest BCUT2D eigenvalue weighted by atomic mass is 16.3. The van der Waals surface area contributed by atoms with E-state index in [1.807, 2.05) is 0 Å². The quantitative estimate of drug-likeness (QED) is 0.690. The molecule has 1 unspecified atom stereocenters. The third-order valence-corrected chi connectivity index (χ3v) is 2.13. The smallest absolute Gasteiger partial charge is 0.319 e. The fraction of sp³-hybridized carbons (Fsp3) is 0.308. The fourth-order valence-electron chi connectivity index (χ4n) is 1.26. The number of terminal acetylenes is 1. The van der Waals surface area contributed by atoms with Crippen LogP contribution in [0.2, 0.25) is 0 Å². The molecular weight excluding hydrogens is 216 g/mol. The molecule has 1 aromatic rings. The molecule has 4 nitrogen and oxygen atoms in total. The summed E-state index contributed by atoms with van der Waals surface area (Å²) in [5, 5.41) is 14.3. The summed E-state index contributed by atoms with van der Waals surface area (Å²) in [5.74, 6) is 2.49. The number of hydrogen-bond acceptors (Lipinski definition) is 2. The summed E-state index contributed by atoms with van der Waals surface area (Å²) >= 11 is 0. The number of amides is 2. The van der Waals surface area contributed by atoms with Crippen LogP contribution in [-0.4, -0.2) is 23.8 Å². The van der Waals surface area contributed by atoms with Gasteiger partial charge in [0, 0.05) is 17.8 Å². The minimum Gasteiger partial charge on any atom is -0.393 e. The van der Waals surface area contributed by atoms with Crippen molar-refractivity contribution in [1.29, 1.82) is 0 Å². The second-order valence-electron chi connectivity index (χ2n) is 3.74. The van der Waals surface area contributed by atoms with Gasteiger partial charge in [-0.15, -0.1) is 6.42 Å². The van der Waals surface area contributed by atoms with Gasteiger partial charge in [-0.2, -0.15) is 0 Å². The van der Waals surface area contributed by atoms with Gasteiger partial charge in [0.2, 0.25) is 0 Å². The van der Waals surface area contributed by atoms with Gasteiger partial charge < -0.3 is 15.7 Å². The molecule has 1 atom stereocenters. The average molecular weight is 232 g/mol. The van der Waals surface area contributed by atoms with Gasteiger partial charge in [0.25, 0.3) is 0 Å². The number of carbonyl (C=O) groups is 1. The van der Waals surface area contributed by atoms with Crippen molar-refractivity contribution in [3.8, 4) is 12.3 Å². The van der Waals surface area contributed by atoms with E-state index in [-0.39, 0.29) is 6.03 Å². The molecule has 0 aliphatic rings. The molecule has 1 rings (SSSR count). The van der Waals surface area contributed by atoms with Gasteiger partial charge >= 0.3 is 6.03 Å². The summed E-state index contributed by atoms with van der Waals surface area (Å²) in [6.07, 6.45) is 5.37. The molecule has 17 heavy (non-hydrogen) atoms. The third kappa shape index (κ3) is 5.05. The highest BCUT2D eigenvalue weighted by Crippen LogP contribution is 2.09. The van der Waals surface area contributed by atoms with Gasteiger partial charge in [-0.1, -0.05) is 12.0 Å². The van der Waals surface area contributed by atoms with Gasteiger partial charge in [-0.25, -0.2) is 4.79 Å². The Hall–Kier alpha value is -1.99. The number of carbonyl (C=O) groups excluding carboxylic acids is 1. The van der Waals surface area contributed by atoms with E-state index in [0.717, 1.165) is 0 Å². The number of rotatable bonds is 4. The summed E-state index contributed by atoms with van der Waals surface area (Å²) in [4.78, 5) is 11.4. The van der Waals surface area contributed by atoms with Crippen molar-refractivity contribution in [2.24, 2.45) is 0 Å². The van der Waals surface area contributed by atoms with Crippen LogP contribution in [0, 0.1) is 12.3 Å². The number of aliphatic hydroxyl groups is 1. The van der Waals surface area contributed by atoms with Gasteiger partial charge in [0.05, 0.1) is 6.10 Å². The zero-order chi connectivity index (χ0) is 12.7. The third-order valence-electron chi connectivity index (χ3n) is 2.13. The number of aliphatic hydroxyl groups excluding tert-OH is 1. The Balaban J connectivity index is 2.43. The topological polar surface area (TPSA) is 61.4 Å². The maximum absolute atomic E-state index is 11.4. The first kappa shape index (κ1) is 13.1. The molecule has 0 spiro atoms. The summed E-state index contributed by atoms with van der Waals surface area (Å²) < 4.78 is 0. The van der Waals surface area contributed by atoms with Crippen molar-refractivity contribution in [3.63, 3.8) is 0 Å². The molecule has 3 N–H and O–H groups in total. The van der Waals surface area contributed by atoms with Gasteiger partial charge in [0.1, 0.15) is 0 Å². The summed E-state index contributed by atoms with van der Waals surface area (Å²) in [6.45, 7) is 2.11. The van der Waals surface area contributed by atoms with Gasteiger partial charge in [-0.3, -0.25) is 0 Å². The largest absolute Gasteiger partial charge is 0.393 e. The monoisotopic (exact) mass is 232 g/mol. The molecule has 0 saturated heterocycles. The lowest BCUT2D eigenvalue weighted by Crippen LogP contribution is -2.30. The van der Waals surface area contributed by atoms with E-state index in [1.54, 1.807) is 31.2 Å². The van der Waals surface area contributed by atoms with Crippen LogP contribution < -0.4 is 10.6 Å². The molecule has 0 fully saturated rings. The van der Waals surface area contributed by atoms with E-state index >= 15 is 0 Å². The van der Waals surface area contributed by atoms with Gasteiger partial charge in [-0.05, 0) is 31.5 Å². The molecule has 0 aromatic heterocycles. The maximum Gasteiger partial charge on any atom is 0.319 e. The molecule has 4 heteroatoms. The molecule has 2 amide bonds. The van der Waals surface area contributed by atoms with E-state index in [0.29, 0.717) is 24.2 Å². The van der Waals surface area contributed by atoms with Crippen LogP contribution in [0.5, 0.6) is 0 Å². The first-order chi connectivity index (χ1) is 8.11. The Morgan fingerprint density at radius 3 is 3.00 bits per heavy atom. The average Bonchev–Trinajstić information content (AvgIpc) is 2.28. The summed E-state index contributed by atoms with van der Waals surface area (Å²) in [5.41, 5.74) is 1.36. The second kappa shape index (κ2) is 6.56. The number of benzene rings is 1. The van der Waals surface area contributed by atoms with Gasteiger partial charge in [0.15, 0.2) is 0 Å². The lowest BCUT2D eigenvalue weighted by Gasteiger charge is -2.08. The minimum atomic E-state index is -0.417. The Labute approximate surface area is 101 Å². The molecule has 0 heterocycles. The number of urea groups is 1. The Bertz CT molecular complexity index is 422. The van der Waals surface area contributed by atoms with Crippen LogP contribution in [0.15, 0.2) is 24.3 Å². The molecule has 90 valence electrons. The number of hydrogen-bond donors (Lipinski definition) is 3. The van der Waals surface area contributed by atoms with E-state index < -0.39 is 6.10 Å². The van der Waals surface area contributed by atoms with Crippen molar-refractivity contribution in [3.05, 3.63) is 29.8 Å². The van der Waals surface area contributed by atoms with Crippen LogP contribution in [0.4, 0.5) is 10.5 Å². The predicted molar refractivity (Wildman–Crippen MR) is 67.7 cm³/mol. The van der Waals surface area contributed by atoms with Crippen LogP contribution in [-0.2, 0) is 0 Å². The second-order valence-corrected chi connectivity index (χ2v) is 3.74. The summed E-state index contributed by atoms with van der Waals surface area (Å²) in [6, 6.07) is 6.74. The van der Waals surface area contributed by atoms with E-state index in [4.69, 9.17) is 11.5 Å². The maximum atomic E-state index is 11.4. The van der Waals surface area contributed by atoms with Crippen molar-refractivity contribution in [1.82, 2.24) is 5.32 Å². The molecule has 0 aliphatic heterocycles. The standard InChI is InChI=1S/C13H16N2O2/c1-3-11-5-4-6-12(9-11)15-13(17)14-8-7-10(2)16/h1,4-6,9-10,16H,7-8H2,2H3,(H2,14,15,17). The van der Waals surface area contributed by atoms with Crippen LogP contribution in [0.1, 0.15) is 18.9 Å². The number of nitrogens with one attached hydrogen (secondary N) is 2. The van der Waals surface area contributed by atoms with Crippen molar-refractivity contribution >= 4 is 11.7 Å². The van der Waals surface area contributed by atoms with E-state index in [1.165, 1.54) is 0 Å². The van der Waals surface area contributed by atoms with Crippen molar-refractivity contribution in [2.75, 3.05) is 11.9 Å². The van der Waals surface area contributed by atoms with Crippen LogP contribution in [0.25, 0.3) is 0 Å². The highest BCUT2D eigenvalue weighted by molar-refractivity contribution is 5.89. The Morgan fingerprint density at radius 2 is 2.35 bits per heavy atom. The van der Waals surface area contributed by atoms with E-state index in [9.17, 15) is 4.79 Å². The lowest BCUT2D eigenvalue weighted by atomic mass is 10.2. The Kier molecular flexibility index (Phi) is 5.05. The molecule has 0 saturated carbocycles. The fourth-order valence-corrected chi connectivity index (χ4v) is 1.26. The molecule has 1 aromatic carbocycles. The van der Waals surface area contributed by atoms with Crippen LogP contribution in [0.3, 0.4) is 0 Å².